The molecule has 26 heavy (non-hydrogen) atoms. The van der Waals surface area contributed by atoms with E-state index in [1.54, 1.807) is 18.4 Å². The van der Waals surface area contributed by atoms with E-state index < -0.39 is 5.82 Å². The number of rotatable bonds is 7. The van der Waals surface area contributed by atoms with Gasteiger partial charge in [0.2, 0.25) is 0 Å². The average molecular weight is 361 g/mol. The normalized spacial score (nSPS) is 15.6. The topological polar surface area (TPSA) is 66.7 Å². The molecule has 1 aliphatic rings. The molecule has 1 aromatic heterocycles. The summed E-state index contributed by atoms with van der Waals surface area (Å²) in [6, 6.07) is 8.14. The summed E-state index contributed by atoms with van der Waals surface area (Å²) in [5, 5.41) is 5.63. The van der Waals surface area contributed by atoms with E-state index >= 15 is 0 Å². The Morgan fingerprint density at radius 3 is 2.77 bits per heavy atom. The third-order valence-corrected chi connectivity index (χ3v) is 4.58. The molecule has 1 atom stereocenters. The molecular weight excluding hydrogens is 337 g/mol. The van der Waals surface area contributed by atoms with Crippen LogP contribution in [0.5, 0.6) is 5.75 Å². The van der Waals surface area contributed by atoms with Crippen LogP contribution >= 0.6 is 0 Å². The number of carbonyl (C=O) groups is 1. The number of likely N-dealkylation sites (tertiary alicyclic amines) is 1. The lowest BCUT2D eigenvalue weighted by molar-refractivity contribution is 0.203. The number of furan rings is 1. The van der Waals surface area contributed by atoms with Gasteiger partial charge in [0.1, 0.15) is 5.76 Å². The molecule has 3 rings (SSSR count). The van der Waals surface area contributed by atoms with Gasteiger partial charge in [-0.05, 0) is 55.8 Å². The predicted octanol–water partition coefficient (Wildman–Crippen LogP) is 3.06. The minimum absolute atomic E-state index is 0.0247. The Labute approximate surface area is 152 Å². The van der Waals surface area contributed by atoms with Crippen molar-refractivity contribution >= 4 is 6.03 Å². The number of halogens is 1. The minimum Gasteiger partial charge on any atom is -0.494 e. The van der Waals surface area contributed by atoms with Crippen LogP contribution in [0, 0.1) is 5.82 Å². The zero-order valence-electron chi connectivity index (χ0n) is 14.8. The van der Waals surface area contributed by atoms with E-state index in [2.05, 4.69) is 15.5 Å². The SMILES string of the molecule is COc1ccc(CNC(=O)NCC(c2ccco2)N2CCCC2)cc1F. The summed E-state index contributed by atoms with van der Waals surface area (Å²) in [4.78, 5) is 14.4. The fourth-order valence-electron chi connectivity index (χ4n) is 3.20. The number of carbonyl (C=O) groups excluding carboxylic acids is 1. The van der Waals surface area contributed by atoms with Crippen molar-refractivity contribution in [3.63, 3.8) is 0 Å². The van der Waals surface area contributed by atoms with Gasteiger partial charge < -0.3 is 19.8 Å². The maximum absolute atomic E-state index is 13.7. The lowest BCUT2D eigenvalue weighted by Crippen LogP contribution is -2.41. The van der Waals surface area contributed by atoms with Gasteiger partial charge >= 0.3 is 6.03 Å². The van der Waals surface area contributed by atoms with Gasteiger partial charge in [-0.2, -0.15) is 0 Å². The Balaban J connectivity index is 1.51. The van der Waals surface area contributed by atoms with E-state index in [4.69, 9.17) is 9.15 Å². The maximum Gasteiger partial charge on any atom is 0.315 e. The maximum atomic E-state index is 13.7. The predicted molar refractivity (Wildman–Crippen MR) is 95.4 cm³/mol. The Bertz CT molecular complexity index is 715. The number of ether oxygens (including phenoxy) is 1. The largest absolute Gasteiger partial charge is 0.494 e. The summed E-state index contributed by atoms with van der Waals surface area (Å²) in [6.07, 6.45) is 3.97. The Hall–Kier alpha value is -2.54. The van der Waals surface area contributed by atoms with Gasteiger partial charge in [0.15, 0.2) is 11.6 Å². The summed E-state index contributed by atoms with van der Waals surface area (Å²) in [5.74, 6) is 0.591. The van der Waals surface area contributed by atoms with Gasteiger partial charge in [-0.15, -0.1) is 0 Å². The Morgan fingerprint density at radius 1 is 1.31 bits per heavy atom. The van der Waals surface area contributed by atoms with Crippen LogP contribution < -0.4 is 15.4 Å². The second-order valence-corrected chi connectivity index (χ2v) is 6.31. The third-order valence-electron chi connectivity index (χ3n) is 4.58. The van der Waals surface area contributed by atoms with Gasteiger partial charge in [-0.3, -0.25) is 4.90 Å². The number of hydrogen-bond acceptors (Lipinski definition) is 4. The highest BCUT2D eigenvalue weighted by atomic mass is 19.1. The van der Waals surface area contributed by atoms with Crippen LogP contribution in [0.3, 0.4) is 0 Å². The number of nitrogens with one attached hydrogen (secondary N) is 2. The van der Waals surface area contributed by atoms with Crippen LogP contribution in [0.2, 0.25) is 0 Å². The molecule has 6 nitrogen and oxygen atoms in total. The summed E-state index contributed by atoms with van der Waals surface area (Å²) < 4.78 is 24.1. The molecular formula is C19H24FN3O3. The summed E-state index contributed by atoms with van der Waals surface area (Å²) in [7, 11) is 1.42. The fourth-order valence-corrected chi connectivity index (χ4v) is 3.20. The lowest BCUT2D eigenvalue weighted by Gasteiger charge is -2.26. The van der Waals surface area contributed by atoms with Crippen molar-refractivity contribution in [1.29, 1.82) is 0 Å². The highest BCUT2D eigenvalue weighted by Crippen LogP contribution is 2.24. The van der Waals surface area contributed by atoms with Gasteiger partial charge in [-0.25, -0.2) is 9.18 Å². The molecule has 7 heteroatoms. The quantitative estimate of drug-likeness (QED) is 0.795. The van der Waals surface area contributed by atoms with Crippen LogP contribution in [-0.2, 0) is 6.54 Å². The van der Waals surface area contributed by atoms with Crippen molar-refractivity contribution in [1.82, 2.24) is 15.5 Å². The van der Waals surface area contributed by atoms with E-state index in [9.17, 15) is 9.18 Å². The molecule has 1 unspecified atom stereocenters. The molecule has 140 valence electrons. The molecule has 1 saturated heterocycles. The molecule has 2 aromatic rings. The van der Waals surface area contributed by atoms with Crippen molar-refractivity contribution in [3.05, 3.63) is 53.7 Å². The molecule has 1 fully saturated rings. The fraction of sp³-hybridized carbons (Fsp3) is 0.421. The molecule has 2 N–H and O–H groups in total. The van der Waals surface area contributed by atoms with Crippen LogP contribution in [-0.4, -0.2) is 37.7 Å². The van der Waals surface area contributed by atoms with E-state index in [1.165, 1.54) is 13.2 Å². The number of amides is 2. The molecule has 0 spiro atoms. The average Bonchev–Trinajstić information content (AvgIpc) is 3.35. The van der Waals surface area contributed by atoms with E-state index in [-0.39, 0.29) is 24.4 Å². The second kappa shape index (κ2) is 8.71. The monoisotopic (exact) mass is 361 g/mol. The molecule has 0 saturated carbocycles. The van der Waals surface area contributed by atoms with Crippen molar-refractivity contribution in [2.75, 3.05) is 26.7 Å². The molecule has 1 aliphatic heterocycles. The first-order chi connectivity index (χ1) is 12.7. The Morgan fingerprint density at radius 2 is 2.12 bits per heavy atom. The number of nitrogens with zero attached hydrogens (tertiary/aromatic N) is 1. The molecule has 2 heterocycles. The first-order valence-corrected chi connectivity index (χ1v) is 8.79. The number of urea groups is 1. The molecule has 0 bridgehead atoms. The van der Waals surface area contributed by atoms with Crippen molar-refractivity contribution < 1.29 is 18.3 Å². The van der Waals surface area contributed by atoms with Crippen molar-refractivity contribution in [2.45, 2.75) is 25.4 Å². The van der Waals surface area contributed by atoms with Gasteiger partial charge in [0, 0.05) is 13.1 Å². The molecule has 2 amide bonds. The van der Waals surface area contributed by atoms with Crippen LogP contribution in [0.15, 0.2) is 41.0 Å². The first-order valence-electron chi connectivity index (χ1n) is 8.79. The first kappa shape index (κ1) is 18.3. The van der Waals surface area contributed by atoms with E-state index in [0.717, 1.165) is 31.7 Å². The highest BCUT2D eigenvalue weighted by Gasteiger charge is 2.25. The van der Waals surface area contributed by atoms with Crippen LogP contribution in [0.4, 0.5) is 9.18 Å². The molecule has 1 aromatic carbocycles. The number of hydrogen-bond donors (Lipinski definition) is 2. The lowest BCUT2D eigenvalue weighted by atomic mass is 10.2. The smallest absolute Gasteiger partial charge is 0.315 e. The number of methoxy groups -OCH3 is 1. The zero-order chi connectivity index (χ0) is 18.4. The second-order valence-electron chi connectivity index (χ2n) is 6.31. The number of benzene rings is 1. The highest BCUT2D eigenvalue weighted by molar-refractivity contribution is 5.73. The molecule has 0 radical (unpaired) electrons. The van der Waals surface area contributed by atoms with E-state index in [0.29, 0.717) is 12.1 Å². The molecule has 0 aliphatic carbocycles. The Kier molecular flexibility index (Phi) is 6.12. The summed E-state index contributed by atoms with van der Waals surface area (Å²) >= 11 is 0. The zero-order valence-corrected chi connectivity index (χ0v) is 14.8. The van der Waals surface area contributed by atoms with Gasteiger partial charge in [0.25, 0.3) is 0 Å². The van der Waals surface area contributed by atoms with Crippen molar-refractivity contribution in [2.24, 2.45) is 0 Å². The van der Waals surface area contributed by atoms with Crippen molar-refractivity contribution in [3.8, 4) is 5.75 Å². The third kappa shape index (κ3) is 4.54. The van der Waals surface area contributed by atoms with Gasteiger partial charge in [-0.1, -0.05) is 6.07 Å². The standard InChI is InChI=1S/C19H24FN3O3/c1-25-17-7-6-14(11-15(17)20)12-21-19(24)22-13-16(18-5-4-10-26-18)23-8-2-3-9-23/h4-7,10-11,16H,2-3,8-9,12-13H2,1H3,(H2,21,22,24). The summed E-state index contributed by atoms with van der Waals surface area (Å²) in [5.41, 5.74) is 0.667. The van der Waals surface area contributed by atoms with Gasteiger partial charge in [0.05, 0.1) is 19.4 Å². The van der Waals surface area contributed by atoms with Crippen LogP contribution in [0.25, 0.3) is 0 Å². The van der Waals surface area contributed by atoms with E-state index in [1.807, 2.05) is 12.1 Å². The summed E-state index contributed by atoms with van der Waals surface area (Å²) in [6.45, 7) is 2.69. The minimum atomic E-state index is -0.445. The van der Waals surface area contributed by atoms with Crippen LogP contribution in [0.1, 0.15) is 30.2 Å².